The zero-order valence-electron chi connectivity index (χ0n) is 30.4. The topological polar surface area (TPSA) is 162 Å². The average molecular weight is 754 g/mol. The van der Waals surface area contributed by atoms with Crippen LogP contribution in [0.4, 0.5) is 11.4 Å². The highest BCUT2D eigenvalue weighted by Crippen LogP contribution is 2.47. The molecule has 0 bridgehead atoms. The number of thioether (sulfide) groups is 1. The van der Waals surface area contributed by atoms with Gasteiger partial charge in [-0.05, 0) is 61.4 Å². The van der Waals surface area contributed by atoms with Crippen LogP contribution in [0.3, 0.4) is 0 Å². The summed E-state index contributed by atoms with van der Waals surface area (Å²) in [6, 6.07) is 16.3. The standard InChI is InChI=1S/C39H51N3O8S2/c1-5-8-20-39(21-9-6-2)25-42(28-14-11-10-12-15-28)31-22-33(51-4)32(23-34(31)52(48,49)26-39)50-24-35(44)41-36(27-16-18-29(43)19-17-27)37(45)40-30(13-7-3)38(46)47/h10-12,14-19,22-23,30,36,43H,5-9,13,20-21,24-26H2,1-4H3,(H,40,45)(H,41,44)(H,46,47)/t30-,36+/m0/s1. The molecule has 0 radical (unpaired) electrons. The van der Waals surface area contributed by atoms with E-state index in [1.165, 1.54) is 42.1 Å². The Bertz CT molecular complexity index is 1780. The molecule has 1 aliphatic rings. The van der Waals surface area contributed by atoms with E-state index in [1.54, 1.807) is 6.92 Å². The molecule has 0 spiro atoms. The van der Waals surface area contributed by atoms with Gasteiger partial charge in [0.25, 0.3) is 5.91 Å². The Labute approximate surface area is 311 Å². The second-order valence-electron chi connectivity index (χ2n) is 13.4. The van der Waals surface area contributed by atoms with Crippen molar-refractivity contribution in [2.45, 2.75) is 94.0 Å². The second-order valence-corrected chi connectivity index (χ2v) is 16.2. The van der Waals surface area contributed by atoms with E-state index in [1.807, 2.05) is 42.7 Å². The number of rotatable bonds is 18. The van der Waals surface area contributed by atoms with Crippen molar-refractivity contribution in [2.75, 3.05) is 30.1 Å². The van der Waals surface area contributed by atoms with E-state index in [2.05, 4.69) is 29.4 Å². The van der Waals surface area contributed by atoms with Gasteiger partial charge in [0.1, 0.15) is 23.6 Å². The number of carbonyl (C=O) groups excluding carboxylic acids is 2. The second kappa shape index (κ2) is 18.5. The van der Waals surface area contributed by atoms with Crippen LogP contribution in [0.5, 0.6) is 11.5 Å². The number of hydrogen-bond acceptors (Lipinski definition) is 9. The number of phenols is 1. The molecule has 0 saturated carbocycles. The number of benzene rings is 3. The molecule has 2 atom stereocenters. The van der Waals surface area contributed by atoms with Gasteiger partial charge in [-0.15, -0.1) is 11.8 Å². The summed E-state index contributed by atoms with van der Waals surface area (Å²) in [5.74, 6) is -2.47. The molecule has 282 valence electrons. The molecule has 3 aromatic rings. The first kappa shape index (κ1) is 40.5. The zero-order valence-corrected chi connectivity index (χ0v) is 32.0. The highest BCUT2D eigenvalue weighted by Gasteiger charge is 2.42. The van der Waals surface area contributed by atoms with Gasteiger partial charge in [-0.1, -0.05) is 83.2 Å². The SMILES string of the molecule is CCCCC1(CCCC)CN(c2ccccc2)c2cc(SC)c(OCC(=O)N[C@@H](C(=O)N[C@@H](CCC)C(=O)O)c3ccc(O)cc3)cc2S(=O)(=O)C1. The lowest BCUT2D eigenvalue weighted by Gasteiger charge is -2.37. The van der Waals surface area contributed by atoms with Gasteiger partial charge < -0.3 is 30.5 Å². The fourth-order valence-electron chi connectivity index (χ4n) is 6.69. The van der Waals surface area contributed by atoms with Crippen LogP contribution in [0, 0.1) is 5.41 Å². The van der Waals surface area contributed by atoms with Gasteiger partial charge >= 0.3 is 5.97 Å². The number of para-hydroxylation sites is 1. The summed E-state index contributed by atoms with van der Waals surface area (Å²) in [7, 11) is -3.82. The minimum atomic E-state index is -3.82. The number of carboxylic acid groups (broad SMARTS) is 1. The maximum Gasteiger partial charge on any atom is 0.326 e. The Morgan fingerprint density at radius 3 is 2.17 bits per heavy atom. The first-order valence-electron chi connectivity index (χ1n) is 17.9. The Morgan fingerprint density at radius 2 is 1.60 bits per heavy atom. The molecule has 0 unspecified atom stereocenters. The maximum absolute atomic E-state index is 14.4. The third kappa shape index (κ3) is 10.2. The number of carbonyl (C=O) groups is 3. The number of aliphatic carboxylic acids is 1. The number of hydrogen-bond donors (Lipinski definition) is 4. The highest BCUT2D eigenvalue weighted by molar-refractivity contribution is 7.98. The number of nitrogens with one attached hydrogen (secondary N) is 2. The molecule has 11 nitrogen and oxygen atoms in total. The molecule has 0 fully saturated rings. The van der Waals surface area contributed by atoms with Gasteiger partial charge in [-0.3, -0.25) is 9.59 Å². The number of phenolic OH excluding ortho intramolecular Hbond substituents is 1. The summed E-state index contributed by atoms with van der Waals surface area (Å²) in [5, 5.41) is 24.5. The predicted octanol–water partition coefficient (Wildman–Crippen LogP) is 7.01. The van der Waals surface area contributed by atoms with Crippen molar-refractivity contribution in [1.82, 2.24) is 10.6 Å². The monoisotopic (exact) mass is 753 g/mol. The number of anilines is 2. The molecule has 3 aromatic carbocycles. The Hall–Kier alpha value is -4.23. The van der Waals surface area contributed by atoms with Gasteiger partial charge in [0.15, 0.2) is 16.4 Å². The fourth-order valence-corrected chi connectivity index (χ4v) is 9.36. The van der Waals surface area contributed by atoms with Crippen LogP contribution in [-0.4, -0.2) is 67.6 Å². The van der Waals surface area contributed by atoms with E-state index < -0.39 is 51.7 Å². The Balaban J connectivity index is 1.68. The van der Waals surface area contributed by atoms with Crippen molar-refractivity contribution in [3.05, 3.63) is 72.3 Å². The van der Waals surface area contributed by atoms with E-state index in [0.717, 1.165) is 44.2 Å². The Kier molecular flexibility index (Phi) is 14.4. The van der Waals surface area contributed by atoms with E-state index in [4.69, 9.17) is 4.74 Å². The molecule has 52 heavy (non-hydrogen) atoms. The molecule has 1 heterocycles. The summed E-state index contributed by atoms with van der Waals surface area (Å²) in [4.78, 5) is 41.4. The molecule has 1 aliphatic heterocycles. The lowest BCUT2D eigenvalue weighted by molar-refractivity contribution is -0.142. The number of sulfone groups is 1. The molecule has 4 rings (SSSR count). The van der Waals surface area contributed by atoms with Crippen molar-refractivity contribution in [1.29, 1.82) is 0 Å². The highest BCUT2D eigenvalue weighted by atomic mass is 32.2. The van der Waals surface area contributed by atoms with E-state index >= 15 is 0 Å². The van der Waals surface area contributed by atoms with Crippen molar-refractivity contribution in [3.8, 4) is 11.5 Å². The van der Waals surface area contributed by atoms with Crippen LogP contribution < -0.4 is 20.3 Å². The molecule has 0 aromatic heterocycles. The molecular weight excluding hydrogens is 703 g/mol. The molecule has 4 N–H and O–H groups in total. The smallest absolute Gasteiger partial charge is 0.326 e. The van der Waals surface area contributed by atoms with Gasteiger partial charge in [-0.25, -0.2) is 13.2 Å². The summed E-state index contributed by atoms with van der Waals surface area (Å²) in [5.41, 5.74) is 1.30. The van der Waals surface area contributed by atoms with Gasteiger partial charge in [0.2, 0.25) is 5.91 Å². The molecule has 0 aliphatic carbocycles. The summed E-state index contributed by atoms with van der Waals surface area (Å²) in [6.07, 6.45) is 7.85. The lowest BCUT2D eigenvalue weighted by atomic mass is 9.79. The maximum atomic E-state index is 14.4. The summed E-state index contributed by atoms with van der Waals surface area (Å²) < 4.78 is 34.9. The van der Waals surface area contributed by atoms with Crippen molar-refractivity contribution < 1.29 is 37.8 Å². The van der Waals surface area contributed by atoms with Crippen LogP contribution in [-0.2, 0) is 24.2 Å². The number of aromatic hydroxyl groups is 1. The number of amides is 2. The van der Waals surface area contributed by atoms with E-state index in [-0.39, 0.29) is 28.6 Å². The largest absolute Gasteiger partial charge is 0.508 e. The third-order valence-corrected chi connectivity index (χ3v) is 12.1. The normalized spacial score (nSPS) is 15.8. The van der Waals surface area contributed by atoms with Crippen molar-refractivity contribution in [3.63, 3.8) is 0 Å². The van der Waals surface area contributed by atoms with Crippen LogP contribution in [0.2, 0.25) is 0 Å². The van der Waals surface area contributed by atoms with Crippen LogP contribution in [0.25, 0.3) is 0 Å². The minimum Gasteiger partial charge on any atom is -0.508 e. The predicted molar refractivity (Wildman–Crippen MR) is 204 cm³/mol. The van der Waals surface area contributed by atoms with Crippen LogP contribution in [0.1, 0.15) is 83.7 Å². The minimum absolute atomic E-state index is 0.00629. The lowest BCUT2D eigenvalue weighted by Crippen LogP contribution is -2.48. The van der Waals surface area contributed by atoms with Gasteiger partial charge in [0, 0.05) is 23.7 Å². The third-order valence-electron chi connectivity index (χ3n) is 9.39. The molecule has 2 amide bonds. The number of carboxylic acids is 1. The van der Waals surface area contributed by atoms with E-state index in [0.29, 0.717) is 29.1 Å². The number of nitrogens with zero attached hydrogens (tertiary/aromatic N) is 1. The Morgan fingerprint density at radius 1 is 0.942 bits per heavy atom. The molecule has 13 heteroatoms. The van der Waals surface area contributed by atoms with Gasteiger partial charge in [-0.2, -0.15) is 0 Å². The van der Waals surface area contributed by atoms with E-state index in [9.17, 15) is 33.0 Å². The van der Waals surface area contributed by atoms with Gasteiger partial charge in [0.05, 0.1) is 21.2 Å². The van der Waals surface area contributed by atoms with Crippen LogP contribution >= 0.6 is 11.8 Å². The van der Waals surface area contributed by atoms with Crippen molar-refractivity contribution in [2.24, 2.45) is 5.41 Å². The number of unbranched alkanes of at least 4 members (excludes halogenated alkanes) is 2. The molecular formula is C39H51N3O8S2. The quantitative estimate of drug-likeness (QED) is 0.0995. The fraction of sp³-hybridized carbons (Fsp3) is 0.462. The first-order valence-corrected chi connectivity index (χ1v) is 20.8. The zero-order chi connectivity index (χ0) is 37.9. The summed E-state index contributed by atoms with van der Waals surface area (Å²) >= 11 is 1.36. The first-order chi connectivity index (χ1) is 24.9. The molecule has 0 saturated heterocycles. The van der Waals surface area contributed by atoms with Crippen LogP contribution in [0.15, 0.2) is 76.5 Å². The average Bonchev–Trinajstić information content (AvgIpc) is 3.22. The summed E-state index contributed by atoms with van der Waals surface area (Å²) in [6.45, 7) is 6.02. The number of ether oxygens (including phenoxy) is 1. The van der Waals surface area contributed by atoms with Crippen molar-refractivity contribution >= 4 is 50.8 Å². The number of fused-ring (bicyclic) bond motifs is 1.